The molecule has 0 aliphatic carbocycles. The van der Waals surface area contributed by atoms with E-state index in [1.807, 2.05) is 18.7 Å². The van der Waals surface area contributed by atoms with Crippen molar-refractivity contribution in [2.75, 3.05) is 13.1 Å². The lowest BCUT2D eigenvalue weighted by atomic mass is 10.2. The minimum atomic E-state index is -1.62. The maximum atomic E-state index is 12.2. The largest absolute Gasteiger partial charge is 0.332 e. The fraction of sp³-hybridized carbons (Fsp3) is 0.462. The average molecular weight is 358 g/mol. The second-order valence-corrected chi connectivity index (χ2v) is 6.95. The summed E-state index contributed by atoms with van der Waals surface area (Å²) in [6, 6.07) is 6.60. The van der Waals surface area contributed by atoms with E-state index in [2.05, 4.69) is 5.32 Å². The lowest BCUT2D eigenvalue weighted by molar-refractivity contribution is 0.0862. The van der Waals surface area contributed by atoms with Gasteiger partial charge in [0.1, 0.15) is 6.17 Å². The Morgan fingerprint density at radius 3 is 2.35 bits per heavy atom. The lowest BCUT2D eigenvalue weighted by Gasteiger charge is -2.35. The molecule has 0 radical (unpaired) electrons. The lowest BCUT2D eigenvalue weighted by Crippen LogP contribution is -2.55. The zero-order valence-electron chi connectivity index (χ0n) is 11.2. The van der Waals surface area contributed by atoms with Crippen LogP contribution in [0.2, 0.25) is 5.02 Å². The molecule has 112 valence electrons. The third kappa shape index (κ3) is 4.97. The van der Waals surface area contributed by atoms with Crippen molar-refractivity contribution in [3.63, 3.8) is 0 Å². The van der Waals surface area contributed by atoms with Crippen molar-refractivity contribution in [1.82, 2.24) is 10.2 Å². The van der Waals surface area contributed by atoms with E-state index < -0.39 is 9.96 Å². The van der Waals surface area contributed by atoms with Gasteiger partial charge in [0.05, 0.1) is 0 Å². The SMILES string of the molecule is CCN(CC)[C@@H](NC(=O)c1cccc(Cl)c1)C(Cl)(Cl)Cl. The van der Waals surface area contributed by atoms with Crippen LogP contribution in [0.3, 0.4) is 0 Å². The second-order valence-electron chi connectivity index (χ2n) is 4.15. The van der Waals surface area contributed by atoms with Crippen LogP contribution in [0.1, 0.15) is 24.2 Å². The van der Waals surface area contributed by atoms with E-state index in [9.17, 15) is 4.79 Å². The molecule has 1 rings (SSSR count). The quantitative estimate of drug-likeness (QED) is 0.635. The van der Waals surface area contributed by atoms with Crippen molar-refractivity contribution in [1.29, 1.82) is 0 Å². The molecular weight excluding hydrogens is 342 g/mol. The summed E-state index contributed by atoms with van der Waals surface area (Å²) >= 11 is 23.8. The van der Waals surface area contributed by atoms with Gasteiger partial charge in [-0.15, -0.1) is 0 Å². The summed E-state index contributed by atoms with van der Waals surface area (Å²) in [6.45, 7) is 5.15. The number of nitrogens with one attached hydrogen (secondary N) is 1. The van der Waals surface area contributed by atoms with Crippen LogP contribution in [0.5, 0.6) is 0 Å². The standard InChI is InChI=1S/C13H16Cl4N2O/c1-3-19(4-2)12(13(15,16)17)18-11(20)9-6-5-7-10(14)8-9/h5-8,12H,3-4H2,1-2H3,(H,18,20)/t12-/m1/s1. The molecule has 0 fully saturated rings. The molecule has 3 nitrogen and oxygen atoms in total. The first-order valence-electron chi connectivity index (χ1n) is 6.16. The summed E-state index contributed by atoms with van der Waals surface area (Å²) in [4.78, 5) is 14.1. The molecule has 1 atom stereocenters. The maximum Gasteiger partial charge on any atom is 0.252 e. The van der Waals surface area contributed by atoms with Crippen LogP contribution in [-0.4, -0.2) is 33.9 Å². The molecule has 7 heteroatoms. The zero-order valence-corrected chi connectivity index (χ0v) is 14.2. The molecule has 1 amide bonds. The first kappa shape index (κ1) is 17.9. The van der Waals surface area contributed by atoms with E-state index in [0.29, 0.717) is 23.7 Å². The molecule has 20 heavy (non-hydrogen) atoms. The van der Waals surface area contributed by atoms with Gasteiger partial charge in [-0.2, -0.15) is 0 Å². The van der Waals surface area contributed by atoms with Crippen LogP contribution < -0.4 is 5.32 Å². The Morgan fingerprint density at radius 2 is 1.90 bits per heavy atom. The van der Waals surface area contributed by atoms with Gasteiger partial charge in [-0.05, 0) is 31.3 Å². The molecule has 0 unspecified atom stereocenters. The molecule has 1 aromatic rings. The third-order valence-electron chi connectivity index (χ3n) is 2.84. The van der Waals surface area contributed by atoms with Crippen molar-refractivity contribution in [2.45, 2.75) is 23.8 Å². The number of hydrogen-bond acceptors (Lipinski definition) is 2. The molecule has 0 spiro atoms. The Kier molecular flexibility index (Phi) is 6.89. The first-order chi connectivity index (χ1) is 9.29. The normalized spacial score (nSPS) is 13.3. The number of benzene rings is 1. The highest BCUT2D eigenvalue weighted by atomic mass is 35.6. The van der Waals surface area contributed by atoms with Crippen LogP contribution in [0.15, 0.2) is 24.3 Å². The summed E-state index contributed by atoms with van der Waals surface area (Å²) in [5.74, 6) is -0.337. The number of halogens is 4. The van der Waals surface area contributed by atoms with Crippen LogP contribution in [0.4, 0.5) is 0 Å². The number of alkyl halides is 3. The summed E-state index contributed by atoms with van der Waals surface area (Å²) in [7, 11) is 0. The van der Waals surface area contributed by atoms with Crippen LogP contribution in [-0.2, 0) is 0 Å². The molecule has 0 aliphatic heterocycles. The number of carbonyl (C=O) groups is 1. The van der Waals surface area contributed by atoms with Crippen molar-refractivity contribution in [3.8, 4) is 0 Å². The number of nitrogens with zero attached hydrogens (tertiary/aromatic N) is 1. The van der Waals surface area contributed by atoms with E-state index in [1.165, 1.54) is 0 Å². The Bertz CT molecular complexity index is 458. The fourth-order valence-corrected chi connectivity index (χ4v) is 2.57. The maximum absolute atomic E-state index is 12.2. The molecule has 0 saturated carbocycles. The van der Waals surface area contributed by atoms with Crippen molar-refractivity contribution < 1.29 is 4.79 Å². The van der Waals surface area contributed by atoms with Crippen LogP contribution >= 0.6 is 46.4 Å². The van der Waals surface area contributed by atoms with Gasteiger partial charge < -0.3 is 5.32 Å². The van der Waals surface area contributed by atoms with E-state index >= 15 is 0 Å². The summed E-state index contributed by atoms with van der Waals surface area (Å²) in [5, 5.41) is 3.21. The number of amides is 1. The molecule has 0 heterocycles. The molecule has 0 saturated heterocycles. The van der Waals surface area contributed by atoms with E-state index in [0.717, 1.165) is 0 Å². The average Bonchev–Trinajstić information content (AvgIpc) is 2.37. The van der Waals surface area contributed by atoms with Gasteiger partial charge in [-0.25, -0.2) is 0 Å². The molecular formula is C13H16Cl4N2O. The van der Waals surface area contributed by atoms with Gasteiger partial charge in [0.2, 0.25) is 3.79 Å². The van der Waals surface area contributed by atoms with Gasteiger partial charge in [0.25, 0.3) is 5.91 Å². The van der Waals surface area contributed by atoms with Gasteiger partial charge in [0, 0.05) is 10.6 Å². The highest BCUT2D eigenvalue weighted by Gasteiger charge is 2.37. The molecule has 0 aliphatic rings. The minimum absolute atomic E-state index is 0.337. The van der Waals surface area contributed by atoms with Gasteiger partial charge in [0.15, 0.2) is 0 Å². The van der Waals surface area contributed by atoms with Crippen LogP contribution in [0.25, 0.3) is 0 Å². The van der Waals surface area contributed by atoms with Crippen LogP contribution in [0, 0.1) is 0 Å². The summed E-state index contributed by atoms with van der Waals surface area (Å²) in [6.07, 6.45) is -0.714. The van der Waals surface area contributed by atoms with Crippen molar-refractivity contribution >= 4 is 52.3 Å². The summed E-state index contributed by atoms with van der Waals surface area (Å²) < 4.78 is -1.62. The van der Waals surface area contributed by atoms with Gasteiger partial charge in [-0.3, -0.25) is 9.69 Å². The third-order valence-corrected chi connectivity index (χ3v) is 3.70. The minimum Gasteiger partial charge on any atom is -0.332 e. The Hall–Kier alpha value is -0.190. The summed E-state index contributed by atoms with van der Waals surface area (Å²) in [5.41, 5.74) is 0.420. The zero-order chi connectivity index (χ0) is 15.3. The predicted molar refractivity (Wildman–Crippen MR) is 85.9 cm³/mol. The first-order valence-corrected chi connectivity index (χ1v) is 7.68. The highest BCUT2D eigenvalue weighted by Crippen LogP contribution is 2.32. The topological polar surface area (TPSA) is 32.3 Å². The Labute approximate surface area is 139 Å². The molecule has 0 aromatic heterocycles. The van der Waals surface area contributed by atoms with E-state index in [4.69, 9.17) is 46.4 Å². The monoisotopic (exact) mass is 356 g/mol. The molecule has 0 bridgehead atoms. The van der Waals surface area contributed by atoms with Gasteiger partial charge >= 0.3 is 0 Å². The second kappa shape index (κ2) is 7.71. The van der Waals surface area contributed by atoms with Crippen molar-refractivity contribution in [3.05, 3.63) is 34.9 Å². The Balaban J connectivity index is 2.93. The number of hydrogen-bond donors (Lipinski definition) is 1. The van der Waals surface area contributed by atoms with E-state index in [-0.39, 0.29) is 5.91 Å². The molecule has 1 N–H and O–H groups in total. The number of rotatable bonds is 5. The smallest absolute Gasteiger partial charge is 0.252 e. The molecule has 1 aromatic carbocycles. The Morgan fingerprint density at radius 1 is 1.30 bits per heavy atom. The van der Waals surface area contributed by atoms with Gasteiger partial charge in [-0.1, -0.05) is 66.3 Å². The highest BCUT2D eigenvalue weighted by molar-refractivity contribution is 6.68. The fourth-order valence-electron chi connectivity index (χ4n) is 1.81. The van der Waals surface area contributed by atoms with E-state index in [1.54, 1.807) is 24.3 Å². The van der Waals surface area contributed by atoms with Crippen molar-refractivity contribution in [2.24, 2.45) is 0 Å². The number of carbonyl (C=O) groups excluding carboxylic acids is 1. The predicted octanol–water partition coefficient (Wildman–Crippen LogP) is 4.11.